The molecule has 1 heterocycles. The lowest BCUT2D eigenvalue weighted by molar-refractivity contribution is -0.109. The molecule has 0 aliphatic heterocycles. The molecule has 2 aromatic carbocycles. The fourth-order valence-electron chi connectivity index (χ4n) is 5.04. The first-order valence-electron chi connectivity index (χ1n) is 13.6. The van der Waals surface area contributed by atoms with Gasteiger partial charge in [0.1, 0.15) is 11.7 Å². The van der Waals surface area contributed by atoms with E-state index in [1.165, 1.54) is 11.0 Å². The van der Waals surface area contributed by atoms with Gasteiger partial charge in [0.2, 0.25) is 12.8 Å². The van der Waals surface area contributed by atoms with Crippen LogP contribution in [0.3, 0.4) is 0 Å². The summed E-state index contributed by atoms with van der Waals surface area (Å²) in [5.74, 6) is 0.326. The van der Waals surface area contributed by atoms with E-state index in [2.05, 4.69) is 23.8 Å². The summed E-state index contributed by atoms with van der Waals surface area (Å²) in [7, 11) is 1.66. The maximum Gasteiger partial charge on any atom is 0.219 e. The van der Waals surface area contributed by atoms with E-state index in [9.17, 15) is 14.0 Å². The van der Waals surface area contributed by atoms with Crippen molar-refractivity contribution in [2.75, 3.05) is 25.0 Å². The summed E-state index contributed by atoms with van der Waals surface area (Å²) in [6, 6.07) is 15.6. The maximum atomic E-state index is 15.0. The van der Waals surface area contributed by atoms with Gasteiger partial charge in [-0.1, -0.05) is 54.9 Å². The van der Waals surface area contributed by atoms with E-state index < -0.39 is 5.82 Å². The second-order valence-corrected chi connectivity index (χ2v) is 10.8. The van der Waals surface area contributed by atoms with Crippen molar-refractivity contribution < 1.29 is 14.0 Å². The van der Waals surface area contributed by atoms with Crippen LogP contribution < -0.4 is 10.2 Å². The number of nitrogens with zero attached hydrogens (tertiary/aromatic N) is 4. The first-order valence-corrected chi connectivity index (χ1v) is 14.0. The van der Waals surface area contributed by atoms with Gasteiger partial charge < -0.3 is 10.2 Å². The minimum absolute atomic E-state index is 0.0501. The van der Waals surface area contributed by atoms with Crippen LogP contribution in [0.5, 0.6) is 0 Å². The molecule has 1 aliphatic carbocycles. The molecule has 3 aromatic rings. The van der Waals surface area contributed by atoms with Crippen LogP contribution in [0, 0.1) is 5.82 Å². The molecule has 2 amide bonds. The standard InChI is InChI=1S/C32H35ClFN5O2/c1-5-6-17-38(22(2)19-36-20-40)30(35-4)24-18-26(33)29(23-11-7-9-13-27(23)34)37-31(24)39(21-41)28-14-10-8-12-25(28)32(3)15-16-32/h5,7-14,18,20-22H,1,6,15-17,19H2,2-4H3,(H,36,40)/b35-30+. The molecule has 1 N–H and O–H groups in total. The third kappa shape index (κ3) is 6.33. The Morgan fingerprint density at radius 1 is 1.22 bits per heavy atom. The van der Waals surface area contributed by atoms with Crippen LogP contribution in [-0.2, 0) is 15.0 Å². The van der Waals surface area contributed by atoms with Crippen molar-refractivity contribution >= 4 is 41.8 Å². The molecular weight excluding hydrogens is 541 g/mol. The van der Waals surface area contributed by atoms with E-state index in [-0.39, 0.29) is 33.6 Å². The van der Waals surface area contributed by atoms with E-state index in [0.717, 1.165) is 24.8 Å². The van der Waals surface area contributed by atoms with E-state index in [1.54, 1.807) is 37.4 Å². The third-order valence-electron chi connectivity index (χ3n) is 7.56. The summed E-state index contributed by atoms with van der Waals surface area (Å²) in [6.45, 7) is 8.90. The molecule has 9 heteroatoms. The van der Waals surface area contributed by atoms with E-state index >= 15 is 0 Å². The second kappa shape index (κ2) is 13.1. The highest BCUT2D eigenvalue weighted by atomic mass is 35.5. The summed E-state index contributed by atoms with van der Waals surface area (Å²) in [4.78, 5) is 37.1. The van der Waals surface area contributed by atoms with Crippen LogP contribution in [0.4, 0.5) is 15.9 Å². The van der Waals surface area contributed by atoms with E-state index in [0.29, 0.717) is 43.0 Å². The zero-order chi connectivity index (χ0) is 29.6. The molecular formula is C32H35ClFN5O2. The first-order chi connectivity index (χ1) is 19.8. The highest BCUT2D eigenvalue weighted by molar-refractivity contribution is 6.33. The van der Waals surface area contributed by atoms with Crippen molar-refractivity contribution in [1.29, 1.82) is 0 Å². The zero-order valence-corrected chi connectivity index (χ0v) is 24.4. The number of aliphatic imine (C=N–C) groups is 1. The number of para-hydroxylation sites is 1. The van der Waals surface area contributed by atoms with Crippen molar-refractivity contribution in [2.24, 2.45) is 4.99 Å². The number of rotatable bonds is 13. The summed E-state index contributed by atoms with van der Waals surface area (Å²) >= 11 is 6.80. The number of aromatic nitrogens is 1. The Labute approximate surface area is 245 Å². The van der Waals surface area contributed by atoms with Crippen LogP contribution >= 0.6 is 11.6 Å². The number of hydrogen-bond acceptors (Lipinski definition) is 4. The van der Waals surface area contributed by atoms with Gasteiger partial charge in [0.05, 0.1) is 22.0 Å². The fraction of sp³-hybridized carbons (Fsp3) is 0.312. The predicted molar refractivity (Wildman–Crippen MR) is 163 cm³/mol. The molecule has 4 rings (SSSR count). The Bertz CT molecular complexity index is 1460. The molecule has 0 saturated heterocycles. The second-order valence-electron chi connectivity index (χ2n) is 10.4. The van der Waals surface area contributed by atoms with Crippen LogP contribution in [0.15, 0.2) is 72.2 Å². The average Bonchev–Trinajstić information content (AvgIpc) is 3.73. The number of carbonyl (C=O) groups is 2. The molecule has 0 radical (unpaired) electrons. The third-order valence-corrected chi connectivity index (χ3v) is 7.85. The number of halogens is 2. The Balaban J connectivity index is 1.97. The first kappa shape index (κ1) is 29.9. The van der Waals surface area contributed by atoms with Crippen LogP contribution in [0.25, 0.3) is 11.3 Å². The number of benzene rings is 2. The molecule has 214 valence electrons. The number of hydrogen-bond donors (Lipinski definition) is 1. The minimum atomic E-state index is -0.477. The summed E-state index contributed by atoms with van der Waals surface area (Å²) in [5.41, 5.74) is 2.62. The average molecular weight is 576 g/mol. The predicted octanol–water partition coefficient (Wildman–Crippen LogP) is 6.28. The molecule has 1 fully saturated rings. The van der Waals surface area contributed by atoms with Gasteiger partial charge in [-0.15, -0.1) is 6.58 Å². The maximum absolute atomic E-state index is 15.0. The molecule has 0 spiro atoms. The van der Waals surface area contributed by atoms with Gasteiger partial charge in [0.25, 0.3) is 0 Å². The lowest BCUT2D eigenvalue weighted by atomic mass is 9.95. The van der Waals surface area contributed by atoms with Crippen molar-refractivity contribution in [3.05, 3.63) is 89.2 Å². The largest absolute Gasteiger partial charge is 0.357 e. The minimum Gasteiger partial charge on any atom is -0.357 e. The number of amidine groups is 1. The SMILES string of the molecule is C=CCCN(/C(=N/C)c1cc(Cl)c(-c2ccccc2F)nc1N(C=O)c1ccccc1C1(C)CC1)C(C)CNC=O. The molecule has 1 aromatic heterocycles. The van der Waals surface area contributed by atoms with Gasteiger partial charge in [0, 0.05) is 31.7 Å². The van der Waals surface area contributed by atoms with Crippen LogP contribution in [0.1, 0.15) is 44.2 Å². The summed E-state index contributed by atoms with van der Waals surface area (Å²) in [6.07, 6.45) is 5.85. The molecule has 1 aliphatic rings. The normalized spacial score (nSPS) is 14.6. The Kier molecular flexibility index (Phi) is 9.55. The van der Waals surface area contributed by atoms with Gasteiger partial charge in [0.15, 0.2) is 5.82 Å². The smallest absolute Gasteiger partial charge is 0.219 e. The highest BCUT2D eigenvalue weighted by Gasteiger charge is 2.42. The van der Waals surface area contributed by atoms with Gasteiger partial charge in [-0.2, -0.15) is 0 Å². The number of nitrogens with one attached hydrogen (secondary N) is 1. The molecule has 41 heavy (non-hydrogen) atoms. The molecule has 1 saturated carbocycles. The Morgan fingerprint density at radius 3 is 2.56 bits per heavy atom. The molecule has 7 nitrogen and oxygen atoms in total. The lowest BCUT2D eigenvalue weighted by Gasteiger charge is -2.34. The van der Waals surface area contributed by atoms with E-state index in [4.69, 9.17) is 16.6 Å². The topological polar surface area (TPSA) is 77.9 Å². The Morgan fingerprint density at radius 2 is 1.93 bits per heavy atom. The van der Waals surface area contributed by atoms with Gasteiger partial charge in [-0.3, -0.25) is 19.5 Å². The van der Waals surface area contributed by atoms with Crippen molar-refractivity contribution in [1.82, 2.24) is 15.2 Å². The van der Waals surface area contributed by atoms with Crippen LogP contribution in [0.2, 0.25) is 5.02 Å². The van der Waals surface area contributed by atoms with Gasteiger partial charge in [-0.25, -0.2) is 9.37 Å². The molecule has 1 unspecified atom stereocenters. The van der Waals surface area contributed by atoms with Crippen LogP contribution in [-0.4, -0.2) is 54.7 Å². The zero-order valence-electron chi connectivity index (χ0n) is 23.6. The summed E-state index contributed by atoms with van der Waals surface area (Å²) < 4.78 is 15.0. The number of amides is 2. The lowest BCUT2D eigenvalue weighted by Crippen LogP contribution is -2.45. The highest BCUT2D eigenvalue weighted by Crippen LogP contribution is 2.51. The van der Waals surface area contributed by atoms with Crippen molar-refractivity contribution in [3.8, 4) is 11.3 Å². The monoisotopic (exact) mass is 575 g/mol. The number of carbonyl (C=O) groups excluding carboxylic acids is 2. The Hall–Kier alpha value is -4.04. The van der Waals surface area contributed by atoms with Crippen molar-refractivity contribution in [2.45, 2.75) is 44.6 Å². The van der Waals surface area contributed by atoms with E-state index in [1.807, 2.05) is 36.1 Å². The summed E-state index contributed by atoms with van der Waals surface area (Å²) in [5, 5.41) is 2.95. The quantitative estimate of drug-likeness (QED) is 0.113. The number of anilines is 2. The van der Waals surface area contributed by atoms with Gasteiger partial charge in [-0.05, 0) is 61.4 Å². The van der Waals surface area contributed by atoms with Gasteiger partial charge >= 0.3 is 0 Å². The molecule has 0 bridgehead atoms. The van der Waals surface area contributed by atoms with Crippen molar-refractivity contribution in [3.63, 3.8) is 0 Å². The molecule has 1 atom stereocenters. The number of pyridine rings is 1. The fourth-order valence-corrected chi connectivity index (χ4v) is 5.29.